The lowest BCUT2D eigenvalue weighted by Gasteiger charge is -2.42. The molecule has 1 aliphatic heterocycles. The number of amides is 2. The molecule has 10 heteroatoms. The van der Waals surface area contributed by atoms with Gasteiger partial charge in [0.25, 0.3) is 5.69 Å². The molecule has 1 heterocycles. The molecule has 1 saturated heterocycles. The molecule has 4 atom stereocenters. The minimum absolute atomic E-state index is 0.128. The number of methoxy groups -OCH3 is 1. The first-order valence-electron chi connectivity index (χ1n) is 12.8. The number of phenolic OH excluding ortho intramolecular Hbond substituents is 1. The van der Waals surface area contributed by atoms with Crippen LogP contribution in [0.3, 0.4) is 0 Å². The molecule has 40 heavy (non-hydrogen) atoms. The van der Waals surface area contributed by atoms with Gasteiger partial charge in [0.05, 0.1) is 29.6 Å². The molecule has 2 aromatic rings. The van der Waals surface area contributed by atoms with Crippen LogP contribution in [-0.2, 0) is 19.2 Å². The first kappa shape index (κ1) is 25.4. The highest BCUT2D eigenvalue weighted by atomic mass is 16.6. The molecular weight excluding hydrogens is 516 g/mol. The summed E-state index contributed by atoms with van der Waals surface area (Å²) in [5.41, 5.74) is 2.36. The Bertz CT molecular complexity index is 1630. The second kappa shape index (κ2) is 9.11. The van der Waals surface area contributed by atoms with Crippen LogP contribution in [0.1, 0.15) is 31.2 Å². The molecule has 0 radical (unpaired) electrons. The van der Waals surface area contributed by atoms with E-state index in [1.165, 1.54) is 43.5 Å². The maximum atomic E-state index is 13.9. The smallest absolute Gasteiger partial charge is 0.269 e. The van der Waals surface area contributed by atoms with Crippen molar-refractivity contribution in [3.05, 3.63) is 92.6 Å². The predicted octanol–water partition coefficient (Wildman–Crippen LogP) is 3.94. The Balaban J connectivity index is 1.45. The molecule has 0 aromatic heterocycles. The summed E-state index contributed by atoms with van der Waals surface area (Å²) in [6, 6.07) is 10.0. The van der Waals surface area contributed by atoms with Gasteiger partial charge in [-0.1, -0.05) is 17.7 Å². The Morgan fingerprint density at radius 3 is 2.40 bits per heavy atom. The first-order chi connectivity index (χ1) is 19.1. The highest BCUT2D eigenvalue weighted by Gasteiger charge is 2.56. The summed E-state index contributed by atoms with van der Waals surface area (Å²) in [4.78, 5) is 65.7. The lowest BCUT2D eigenvalue weighted by molar-refractivity contribution is -0.384. The van der Waals surface area contributed by atoms with Crippen molar-refractivity contribution in [3.63, 3.8) is 0 Å². The summed E-state index contributed by atoms with van der Waals surface area (Å²) in [6.45, 7) is 1.58. The van der Waals surface area contributed by atoms with Crippen molar-refractivity contribution in [3.8, 4) is 11.5 Å². The van der Waals surface area contributed by atoms with E-state index in [1.54, 1.807) is 19.1 Å². The number of benzene rings is 2. The van der Waals surface area contributed by atoms with Crippen molar-refractivity contribution in [2.24, 2.45) is 17.8 Å². The number of nitro benzene ring substituents is 1. The van der Waals surface area contributed by atoms with Crippen molar-refractivity contribution < 1.29 is 33.9 Å². The van der Waals surface area contributed by atoms with Gasteiger partial charge in [-0.05, 0) is 61.6 Å². The highest BCUT2D eigenvalue weighted by Crippen LogP contribution is 2.55. The Kier molecular flexibility index (Phi) is 5.79. The number of carbonyl (C=O) groups is 4. The van der Waals surface area contributed by atoms with E-state index in [9.17, 15) is 34.4 Å². The molecule has 0 bridgehead atoms. The van der Waals surface area contributed by atoms with Gasteiger partial charge in [0.15, 0.2) is 23.1 Å². The number of hydrogen-bond donors (Lipinski definition) is 1. The topological polar surface area (TPSA) is 144 Å². The summed E-state index contributed by atoms with van der Waals surface area (Å²) >= 11 is 0. The van der Waals surface area contributed by atoms with Crippen LogP contribution in [0.25, 0.3) is 0 Å². The van der Waals surface area contributed by atoms with Crippen LogP contribution in [0.2, 0.25) is 0 Å². The fourth-order valence-corrected chi connectivity index (χ4v) is 6.63. The Morgan fingerprint density at radius 2 is 1.75 bits per heavy atom. The fourth-order valence-electron chi connectivity index (χ4n) is 6.63. The molecule has 1 N–H and O–H groups in total. The van der Waals surface area contributed by atoms with Gasteiger partial charge < -0.3 is 9.84 Å². The van der Waals surface area contributed by atoms with Gasteiger partial charge >= 0.3 is 0 Å². The zero-order valence-electron chi connectivity index (χ0n) is 21.6. The predicted molar refractivity (Wildman–Crippen MR) is 142 cm³/mol. The van der Waals surface area contributed by atoms with E-state index >= 15 is 0 Å². The Hall–Kier alpha value is -4.86. The third-order valence-electron chi connectivity index (χ3n) is 8.42. The van der Waals surface area contributed by atoms with Crippen LogP contribution < -0.4 is 9.64 Å². The summed E-state index contributed by atoms with van der Waals surface area (Å²) in [6.07, 6.45) is 3.59. The van der Waals surface area contributed by atoms with Crippen LogP contribution in [0.4, 0.5) is 11.4 Å². The van der Waals surface area contributed by atoms with Crippen LogP contribution in [0, 0.1) is 27.9 Å². The Morgan fingerprint density at radius 1 is 1.02 bits per heavy atom. The van der Waals surface area contributed by atoms with E-state index in [2.05, 4.69) is 0 Å². The number of ketones is 2. The van der Waals surface area contributed by atoms with E-state index in [0.717, 1.165) is 10.5 Å². The number of carbonyl (C=O) groups excluding carboxylic acids is 4. The summed E-state index contributed by atoms with van der Waals surface area (Å²) in [5.74, 6) is -3.97. The number of aromatic hydroxyl groups is 1. The monoisotopic (exact) mass is 540 g/mol. The molecule has 6 rings (SSSR count). The third kappa shape index (κ3) is 3.63. The first-order valence-corrected chi connectivity index (χ1v) is 12.8. The number of fused-ring (bicyclic) bond motifs is 3. The molecule has 202 valence electrons. The number of rotatable bonds is 4. The maximum Gasteiger partial charge on any atom is 0.269 e. The van der Waals surface area contributed by atoms with Crippen molar-refractivity contribution in [1.29, 1.82) is 0 Å². The van der Waals surface area contributed by atoms with Gasteiger partial charge in [-0.2, -0.15) is 0 Å². The molecule has 1 fully saturated rings. The van der Waals surface area contributed by atoms with E-state index in [0.29, 0.717) is 22.3 Å². The lowest BCUT2D eigenvalue weighted by Crippen LogP contribution is -2.39. The number of anilines is 1. The number of allylic oxidation sites excluding steroid dienone is 6. The quantitative estimate of drug-likeness (QED) is 0.202. The van der Waals surface area contributed by atoms with Crippen molar-refractivity contribution in [2.75, 3.05) is 12.0 Å². The van der Waals surface area contributed by atoms with Gasteiger partial charge in [-0.25, -0.2) is 0 Å². The minimum atomic E-state index is -0.778. The number of imide groups is 1. The second-order valence-corrected chi connectivity index (χ2v) is 10.4. The lowest BCUT2D eigenvalue weighted by atomic mass is 9.59. The average molecular weight is 541 g/mol. The molecular formula is C30H24N2O8. The van der Waals surface area contributed by atoms with Gasteiger partial charge in [0.2, 0.25) is 11.8 Å². The molecule has 3 aliphatic carbocycles. The van der Waals surface area contributed by atoms with E-state index < -0.39 is 40.4 Å². The van der Waals surface area contributed by atoms with Crippen molar-refractivity contribution in [2.45, 2.75) is 25.7 Å². The van der Waals surface area contributed by atoms with Crippen molar-refractivity contribution >= 4 is 34.8 Å². The number of Topliss-reactive ketones (excluding diaryl/α,β-unsaturated/α-hetero) is 1. The van der Waals surface area contributed by atoms with Gasteiger partial charge in [0.1, 0.15) is 0 Å². The van der Waals surface area contributed by atoms with E-state index in [4.69, 9.17) is 4.74 Å². The third-order valence-corrected chi connectivity index (χ3v) is 8.42. The van der Waals surface area contributed by atoms with Crippen LogP contribution in [0.5, 0.6) is 11.5 Å². The minimum Gasteiger partial charge on any atom is -0.504 e. The van der Waals surface area contributed by atoms with Crippen LogP contribution >= 0.6 is 0 Å². The van der Waals surface area contributed by atoms with Crippen LogP contribution in [0.15, 0.2) is 76.9 Å². The number of nitro groups is 1. The molecule has 0 unspecified atom stereocenters. The SMILES string of the molecule is COc1ccc([C@H]2C3=CC[C@@H]4C(=O)N(c5ccc([N+](=O)[O-])cc5)C(=O)[C@@H]4[C@@H]3CC3=C2C(=O)C=C(C)C3=O)cc1O. The zero-order chi connectivity index (χ0) is 28.5. The molecule has 0 saturated carbocycles. The maximum absolute atomic E-state index is 13.9. The van der Waals surface area contributed by atoms with Crippen molar-refractivity contribution in [1.82, 2.24) is 0 Å². The van der Waals surface area contributed by atoms with E-state index in [1.807, 2.05) is 6.08 Å². The number of hydrogen-bond acceptors (Lipinski definition) is 8. The summed E-state index contributed by atoms with van der Waals surface area (Å²) in [5, 5.41) is 21.6. The van der Waals surface area contributed by atoms with E-state index in [-0.39, 0.29) is 47.3 Å². The van der Waals surface area contributed by atoms with Crippen LogP contribution in [-0.4, -0.2) is 40.5 Å². The molecule has 4 aliphatic rings. The molecule has 2 amide bonds. The number of non-ortho nitro benzene ring substituents is 1. The molecule has 0 spiro atoms. The molecule has 2 aromatic carbocycles. The Labute approximate surface area is 228 Å². The molecule has 10 nitrogen and oxygen atoms in total. The summed E-state index contributed by atoms with van der Waals surface area (Å²) < 4.78 is 5.18. The number of ether oxygens (including phenoxy) is 1. The highest BCUT2D eigenvalue weighted by molar-refractivity contribution is 6.25. The second-order valence-electron chi connectivity index (χ2n) is 10.4. The van der Waals surface area contributed by atoms with Gasteiger partial charge in [-0.15, -0.1) is 0 Å². The largest absolute Gasteiger partial charge is 0.504 e. The van der Waals surface area contributed by atoms with Gasteiger partial charge in [-0.3, -0.25) is 34.2 Å². The summed E-state index contributed by atoms with van der Waals surface area (Å²) in [7, 11) is 1.42. The normalized spacial score (nSPS) is 25.7. The van der Waals surface area contributed by atoms with Gasteiger partial charge in [0, 0.05) is 34.8 Å². The fraction of sp³-hybridized carbons (Fsp3) is 0.267. The zero-order valence-corrected chi connectivity index (χ0v) is 21.6. The number of nitrogens with zero attached hydrogens (tertiary/aromatic N) is 2. The number of phenols is 1. The standard InChI is InChI=1S/C30H24N2O8/c1-14-11-23(34)27-21(28(14)35)13-20-18(25(27)15-3-10-24(40-2)22(33)12-15)8-9-19-26(20)30(37)31(29(19)36)16-4-6-17(7-5-16)32(38)39/h3-8,10-12,19-20,25-26,33H,9,13H2,1-2H3/t19-,20+,25-,26-/m0/s1. The average Bonchev–Trinajstić information content (AvgIpc) is 3.20.